The molecule has 0 radical (unpaired) electrons. The van der Waals surface area contributed by atoms with Gasteiger partial charge in [-0.3, -0.25) is 19.2 Å². The molecule has 1 heterocycles. The number of aliphatic hydroxyl groups is 1. The van der Waals surface area contributed by atoms with E-state index < -0.39 is 77.9 Å². The minimum atomic E-state index is -1.02. The van der Waals surface area contributed by atoms with Crippen molar-refractivity contribution in [1.29, 1.82) is 0 Å². The summed E-state index contributed by atoms with van der Waals surface area (Å²) < 4.78 is 27.1. The maximum atomic E-state index is 13.8. The molecule has 2 amide bonds. The van der Waals surface area contributed by atoms with Crippen molar-refractivity contribution in [3.63, 3.8) is 0 Å². The Morgan fingerprint density at radius 2 is 1.67 bits per heavy atom. The zero-order valence-corrected chi connectivity index (χ0v) is 26.8. The molecule has 0 aromatic heterocycles. The molecule has 14 heteroatoms. The van der Waals surface area contributed by atoms with Crippen LogP contribution in [0.5, 0.6) is 0 Å². The number of Topliss-reactive ketones (excluding diaryl/α,β-unsaturated/α-hetero) is 2. The summed E-state index contributed by atoms with van der Waals surface area (Å²) in [5.74, 6) is -5.30. The lowest BCUT2D eigenvalue weighted by atomic mass is 9.85. The van der Waals surface area contributed by atoms with E-state index in [0.717, 1.165) is 0 Å². The van der Waals surface area contributed by atoms with Crippen LogP contribution in [0.15, 0.2) is 46.1 Å². The molecule has 6 N–H and O–H groups in total. The van der Waals surface area contributed by atoms with Crippen LogP contribution in [0.2, 0.25) is 0 Å². The third-order valence-electron chi connectivity index (χ3n) is 7.77. The van der Waals surface area contributed by atoms with Gasteiger partial charge in [0.15, 0.2) is 11.9 Å². The Bertz CT molecular complexity index is 1280. The number of carbonyl (C=O) groups is 5. The summed E-state index contributed by atoms with van der Waals surface area (Å²) >= 11 is 0. The molecular weight excluding hydrogens is 590 g/mol. The highest BCUT2D eigenvalue weighted by Gasteiger charge is 2.40. The van der Waals surface area contributed by atoms with E-state index in [1.54, 1.807) is 32.9 Å². The molecule has 2 rings (SSSR count). The number of hydrogen-bond donors (Lipinski definition) is 4. The van der Waals surface area contributed by atoms with Gasteiger partial charge in [0.05, 0.1) is 32.0 Å². The molecule has 0 saturated carbocycles. The molecule has 14 nitrogen and oxygen atoms in total. The molecule has 0 unspecified atom stereocenters. The quantitative estimate of drug-likeness (QED) is 0.185. The van der Waals surface area contributed by atoms with Crippen molar-refractivity contribution in [1.82, 2.24) is 5.32 Å². The molecule has 0 aromatic carbocycles. The molecule has 45 heavy (non-hydrogen) atoms. The van der Waals surface area contributed by atoms with Crippen LogP contribution in [-0.4, -0.2) is 86.9 Å². The van der Waals surface area contributed by atoms with Gasteiger partial charge in [0.2, 0.25) is 11.5 Å². The number of ether oxygens (including phenoxy) is 5. The first-order chi connectivity index (χ1) is 21.2. The topological polar surface area (TPSA) is 216 Å². The number of nitrogens with one attached hydrogen (secondary N) is 1. The maximum Gasteiger partial charge on any atom is 0.405 e. The van der Waals surface area contributed by atoms with Crippen LogP contribution in [0.1, 0.15) is 53.4 Å². The Labute approximate surface area is 262 Å². The Kier molecular flexibility index (Phi) is 14.1. The fourth-order valence-corrected chi connectivity index (χ4v) is 5.38. The first-order valence-corrected chi connectivity index (χ1v) is 14.6. The largest absolute Gasteiger partial charge is 0.492 e. The van der Waals surface area contributed by atoms with Gasteiger partial charge in [-0.25, -0.2) is 4.79 Å². The second kappa shape index (κ2) is 17.0. The Hall–Kier alpha value is -3.85. The van der Waals surface area contributed by atoms with Crippen LogP contribution in [0.25, 0.3) is 0 Å². The number of ketones is 2. The molecular formula is C31H45N3O11. The van der Waals surface area contributed by atoms with Crippen LogP contribution >= 0.6 is 0 Å². The van der Waals surface area contributed by atoms with Crippen LogP contribution in [0.3, 0.4) is 0 Å². The molecule has 6 atom stereocenters. The van der Waals surface area contributed by atoms with Gasteiger partial charge in [-0.2, -0.15) is 0 Å². The zero-order valence-electron chi connectivity index (χ0n) is 26.8. The third kappa shape index (κ3) is 9.57. The summed E-state index contributed by atoms with van der Waals surface area (Å²) in [5, 5.41) is 13.7. The number of hydrogen-bond acceptors (Lipinski definition) is 12. The minimum Gasteiger partial charge on any atom is -0.492 e. The molecule has 2 aliphatic rings. The Morgan fingerprint density at radius 1 is 1.02 bits per heavy atom. The lowest BCUT2D eigenvalue weighted by Gasteiger charge is -2.30. The van der Waals surface area contributed by atoms with Gasteiger partial charge >= 0.3 is 12.1 Å². The van der Waals surface area contributed by atoms with E-state index in [4.69, 9.17) is 35.2 Å². The smallest absolute Gasteiger partial charge is 0.405 e. The molecule has 1 aliphatic carbocycles. The number of fused-ring (bicyclic) bond motifs is 2. The fourth-order valence-electron chi connectivity index (χ4n) is 5.38. The standard InChI is InChI=1S/C31H45N3O11/c1-15-11-19-25(37)23(29(44-22(35)14-32)26(38)28(19)43-7)34-30(39)16(2)9-8-10-20(41-5)27(45-31(33)40)18(4)13-17(3)24(36)21(12-15)42-6/h9,13,15,17,20-21,24,27,36H,8,10-12,14,32H2,1-7H3,(H2,33,40)(H,34,39)/b16-9+,18-13+/t15-,17+,20+,21+,24-,27+/m1/s1. The van der Waals surface area contributed by atoms with E-state index in [-0.39, 0.29) is 48.5 Å². The van der Waals surface area contributed by atoms with E-state index in [0.29, 0.717) is 5.57 Å². The molecule has 1 aliphatic heterocycles. The highest BCUT2D eigenvalue weighted by atomic mass is 16.6. The number of nitrogens with two attached hydrogens (primary N) is 2. The third-order valence-corrected chi connectivity index (χ3v) is 7.77. The number of carbonyl (C=O) groups excluding carboxylic acids is 5. The van der Waals surface area contributed by atoms with Crippen molar-refractivity contribution < 1.29 is 52.8 Å². The fraction of sp³-hybridized carbons (Fsp3) is 0.581. The maximum absolute atomic E-state index is 13.8. The molecule has 0 spiro atoms. The lowest BCUT2D eigenvalue weighted by Crippen LogP contribution is -2.38. The average Bonchev–Trinajstić information content (AvgIpc) is 2.99. The molecule has 250 valence electrons. The van der Waals surface area contributed by atoms with Gasteiger partial charge in [0.1, 0.15) is 5.70 Å². The summed E-state index contributed by atoms with van der Waals surface area (Å²) in [6.45, 7) is 6.21. The normalized spacial score (nSPS) is 30.1. The van der Waals surface area contributed by atoms with Crippen LogP contribution in [-0.2, 0) is 42.9 Å². The zero-order chi connectivity index (χ0) is 34.0. The van der Waals surface area contributed by atoms with Crippen molar-refractivity contribution in [3.05, 3.63) is 46.1 Å². The van der Waals surface area contributed by atoms with Crippen molar-refractivity contribution in [2.24, 2.45) is 23.3 Å². The molecule has 0 saturated heterocycles. The van der Waals surface area contributed by atoms with E-state index in [1.165, 1.54) is 28.3 Å². The highest BCUT2D eigenvalue weighted by Crippen LogP contribution is 2.32. The summed E-state index contributed by atoms with van der Waals surface area (Å²) in [4.78, 5) is 64.4. The van der Waals surface area contributed by atoms with E-state index in [1.807, 2.05) is 0 Å². The van der Waals surface area contributed by atoms with E-state index in [2.05, 4.69) is 5.32 Å². The van der Waals surface area contributed by atoms with Gasteiger partial charge in [0, 0.05) is 31.3 Å². The van der Waals surface area contributed by atoms with Gasteiger partial charge in [-0.1, -0.05) is 26.0 Å². The van der Waals surface area contributed by atoms with Gasteiger partial charge in [-0.05, 0) is 51.0 Å². The van der Waals surface area contributed by atoms with Crippen LogP contribution < -0.4 is 16.8 Å². The first kappa shape index (κ1) is 37.3. The van der Waals surface area contributed by atoms with Crippen molar-refractivity contribution in [2.45, 2.75) is 77.8 Å². The van der Waals surface area contributed by atoms with Crippen molar-refractivity contribution in [3.8, 4) is 0 Å². The number of primary amides is 1. The van der Waals surface area contributed by atoms with Gasteiger partial charge < -0.3 is 45.6 Å². The first-order valence-electron chi connectivity index (χ1n) is 14.6. The number of allylic oxidation sites excluding steroid dienone is 2. The average molecular weight is 636 g/mol. The Balaban J connectivity index is 2.68. The van der Waals surface area contributed by atoms with Crippen molar-refractivity contribution in [2.75, 3.05) is 27.9 Å². The monoisotopic (exact) mass is 635 g/mol. The molecule has 2 bridgehead atoms. The van der Waals surface area contributed by atoms with Crippen LogP contribution in [0, 0.1) is 11.8 Å². The predicted molar refractivity (Wildman–Crippen MR) is 161 cm³/mol. The van der Waals surface area contributed by atoms with Crippen molar-refractivity contribution >= 4 is 29.5 Å². The summed E-state index contributed by atoms with van der Waals surface area (Å²) in [6, 6.07) is 0. The second-order valence-corrected chi connectivity index (χ2v) is 11.2. The summed E-state index contributed by atoms with van der Waals surface area (Å²) in [7, 11) is 4.08. The lowest BCUT2D eigenvalue weighted by molar-refractivity contribution is -0.141. The molecule has 0 fully saturated rings. The highest BCUT2D eigenvalue weighted by molar-refractivity contribution is 6.25. The number of rotatable bonds is 6. The van der Waals surface area contributed by atoms with Gasteiger partial charge in [-0.15, -0.1) is 0 Å². The number of aliphatic hydroxyl groups excluding tert-OH is 1. The minimum absolute atomic E-state index is 0.0000730. The summed E-state index contributed by atoms with van der Waals surface area (Å²) in [6.07, 6.45) is -0.177. The number of esters is 1. The molecule has 0 aromatic rings. The summed E-state index contributed by atoms with van der Waals surface area (Å²) in [5.41, 5.74) is 10.9. The predicted octanol–water partition coefficient (Wildman–Crippen LogP) is 1.46. The van der Waals surface area contributed by atoms with Gasteiger partial charge in [0.25, 0.3) is 11.7 Å². The van der Waals surface area contributed by atoms with E-state index in [9.17, 15) is 29.1 Å². The number of methoxy groups -OCH3 is 3. The SMILES string of the molecule is COC1=C2C[C@@H](C)C[C@H](OC)[C@H](O)[C@@H](C)/C=C(\C)[C@H](OC(N)=O)[C@@H](OC)CC/C=C(\C)C(=O)NC(=C(OC(=O)CN)C1=O)C2=O. The van der Waals surface area contributed by atoms with Crippen LogP contribution in [0.4, 0.5) is 4.79 Å². The Morgan fingerprint density at radius 3 is 2.22 bits per heavy atom. The second-order valence-electron chi connectivity index (χ2n) is 11.2. The van der Waals surface area contributed by atoms with E-state index >= 15 is 0 Å². The number of amides is 2.